The second kappa shape index (κ2) is 11.2. The molecular weight excluding hydrogens is 102 g/mol. The van der Waals surface area contributed by atoms with Crippen LogP contribution in [0.25, 0.3) is 0 Å². The van der Waals surface area contributed by atoms with Crippen molar-refractivity contribution in [2.24, 2.45) is 0 Å². The Bertz CT molecular complexity index is 90.5. The normalized spacial score (nSPS) is 5.33. The van der Waals surface area contributed by atoms with E-state index in [1.54, 1.807) is 0 Å². The Hall–Kier alpha value is 0.375. The first-order valence-corrected chi connectivity index (χ1v) is 2.00. The summed E-state index contributed by atoms with van der Waals surface area (Å²) in [6, 6.07) is 12.0. The molecule has 1 aromatic rings. The van der Waals surface area contributed by atoms with Gasteiger partial charge in [-0.15, -0.1) is 0 Å². The molecule has 0 aromatic heterocycles. The largest absolute Gasteiger partial charge is 1.00 e. The fourth-order valence-corrected chi connectivity index (χ4v) is 0.385. The molecule has 0 radical (unpaired) electrons. The van der Waals surface area contributed by atoms with E-state index in [0.29, 0.717) is 0 Å². The van der Waals surface area contributed by atoms with Gasteiger partial charge in [0, 0.05) is 0 Å². The molecule has 0 aliphatic rings. The van der Waals surface area contributed by atoms with Crippen molar-refractivity contribution in [3.8, 4) is 0 Å². The topological polar surface area (TPSA) is 31.5 Å². The van der Waals surface area contributed by atoms with Crippen molar-refractivity contribution in [3.63, 3.8) is 0 Å². The van der Waals surface area contributed by atoms with Crippen molar-refractivity contribution >= 4 is 0 Å². The summed E-state index contributed by atoms with van der Waals surface area (Å²) in [5.41, 5.74) is 0. The summed E-state index contributed by atoms with van der Waals surface area (Å²) in [7, 11) is 0. The quantitative estimate of drug-likeness (QED) is 0.301. The average molecular weight is 112 g/mol. The Morgan fingerprint density at radius 1 is 0.556 bits per heavy atom. The summed E-state index contributed by atoms with van der Waals surface area (Å²) in [6.07, 6.45) is 0. The van der Waals surface area contributed by atoms with Gasteiger partial charge in [-0.05, 0) is 0 Å². The van der Waals surface area contributed by atoms with E-state index in [0.717, 1.165) is 0 Å². The van der Waals surface area contributed by atoms with Gasteiger partial charge in [0.1, 0.15) is 0 Å². The maximum Gasteiger partial charge on any atom is 1.00 e. The van der Waals surface area contributed by atoms with Crippen LogP contribution in [0, 0.1) is 0 Å². The van der Waals surface area contributed by atoms with E-state index in [-0.39, 0.29) is 46.1 Å². The number of hydrogen-bond donors (Lipinski definition) is 0. The molecule has 1 rings (SSSR count). The zero-order valence-electron chi connectivity index (χ0n) is 7.96. The van der Waals surface area contributed by atoms with E-state index in [1.807, 2.05) is 36.4 Å². The number of benzene rings is 1. The summed E-state index contributed by atoms with van der Waals surface area (Å²) in [4.78, 5) is 0. The summed E-state index contributed by atoms with van der Waals surface area (Å²) < 4.78 is 0. The molecule has 1 aromatic carbocycles. The fourth-order valence-electron chi connectivity index (χ4n) is 0.385. The smallest absolute Gasteiger partial charge is 1.00 e. The minimum Gasteiger partial charge on any atom is -1.00 e. The molecule has 0 aliphatic heterocycles. The van der Waals surface area contributed by atoms with Crippen LogP contribution >= 0.6 is 0 Å². The van der Waals surface area contributed by atoms with E-state index in [9.17, 15) is 0 Å². The van der Waals surface area contributed by atoms with Crippen molar-refractivity contribution in [3.05, 3.63) is 36.4 Å². The van der Waals surface area contributed by atoms with Gasteiger partial charge in [0.05, 0.1) is 0 Å². The predicted molar refractivity (Wildman–Crippen MR) is 32.3 cm³/mol. The van der Waals surface area contributed by atoms with E-state index < -0.39 is 0 Å². The molecule has 0 unspecified atom stereocenters. The number of rotatable bonds is 0. The van der Waals surface area contributed by atoms with Gasteiger partial charge in [-0.2, -0.15) is 0 Å². The Morgan fingerprint density at radius 3 is 0.778 bits per heavy atom. The molecule has 0 heterocycles. The molecule has 42 valence electrons. The summed E-state index contributed by atoms with van der Waals surface area (Å²) in [5, 5.41) is 0. The summed E-state index contributed by atoms with van der Waals surface area (Å²) in [6.45, 7) is 0. The summed E-state index contributed by atoms with van der Waals surface area (Å²) >= 11 is 0. The van der Waals surface area contributed by atoms with Crippen LogP contribution < -0.4 is 37.7 Å². The monoisotopic (exact) mass is 112 g/mol. The van der Waals surface area contributed by atoms with Crippen molar-refractivity contribution in [1.29, 1.82) is 0 Å². The van der Waals surface area contributed by atoms with Crippen LogP contribution in [-0.2, 0) is 0 Å². The zero-order chi connectivity index (χ0) is 4.24. The SMILES string of the molecule is O.[H-].[H-].[Li+].[Li+].c1ccccc1. The molecule has 0 saturated heterocycles. The molecular formula is C6H10Li2O. The minimum absolute atomic E-state index is 0. The van der Waals surface area contributed by atoms with Gasteiger partial charge in [-0.25, -0.2) is 0 Å². The Morgan fingerprint density at radius 2 is 0.667 bits per heavy atom. The van der Waals surface area contributed by atoms with Gasteiger partial charge in [0.2, 0.25) is 0 Å². The maximum absolute atomic E-state index is 2.00. The molecule has 0 amide bonds. The van der Waals surface area contributed by atoms with Crippen LogP contribution in [0.5, 0.6) is 0 Å². The molecule has 0 atom stereocenters. The second-order valence-corrected chi connectivity index (χ2v) is 1.15. The minimum atomic E-state index is 0. The van der Waals surface area contributed by atoms with Gasteiger partial charge in [-0.3, -0.25) is 0 Å². The first-order valence-electron chi connectivity index (χ1n) is 2.00. The van der Waals surface area contributed by atoms with E-state index in [4.69, 9.17) is 0 Å². The molecule has 9 heavy (non-hydrogen) atoms. The molecule has 2 N–H and O–H groups in total. The third kappa shape index (κ3) is 8.37. The van der Waals surface area contributed by atoms with E-state index >= 15 is 0 Å². The third-order valence-corrected chi connectivity index (χ3v) is 0.667. The molecule has 0 fully saturated rings. The Labute approximate surface area is 82.5 Å². The molecule has 0 spiro atoms. The Kier molecular flexibility index (Phi) is 20.2. The average Bonchev–Trinajstić information content (AvgIpc) is 1.72. The van der Waals surface area contributed by atoms with Gasteiger partial charge >= 0.3 is 37.7 Å². The second-order valence-electron chi connectivity index (χ2n) is 1.15. The van der Waals surface area contributed by atoms with Crippen LogP contribution in [0.3, 0.4) is 0 Å². The van der Waals surface area contributed by atoms with Crippen LogP contribution in [0.1, 0.15) is 2.85 Å². The van der Waals surface area contributed by atoms with Crippen molar-refractivity contribution in [2.75, 3.05) is 0 Å². The Balaban J connectivity index is -0.0000000240. The summed E-state index contributed by atoms with van der Waals surface area (Å²) in [5.74, 6) is 0. The fraction of sp³-hybridized carbons (Fsp3) is 0. The van der Waals surface area contributed by atoms with Crippen molar-refractivity contribution < 1.29 is 46.1 Å². The standard InChI is InChI=1S/C6H6.2Li.H2O.2H/c1-2-4-6-5-3-1;;;;;/h1-6H;;;1H2;;/q;2*+1;;2*-1. The van der Waals surface area contributed by atoms with Crippen LogP contribution in [0.15, 0.2) is 36.4 Å². The van der Waals surface area contributed by atoms with E-state index in [2.05, 4.69) is 0 Å². The number of hydrogen-bond acceptors (Lipinski definition) is 0. The third-order valence-electron chi connectivity index (χ3n) is 0.667. The van der Waals surface area contributed by atoms with Gasteiger partial charge in [0.25, 0.3) is 0 Å². The molecule has 0 aliphatic carbocycles. The van der Waals surface area contributed by atoms with Gasteiger partial charge in [0.15, 0.2) is 0 Å². The molecule has 0 bridgehead atoms. The zero-order valence-corrected chi connectivity index (χ0v) is 5.96. The van der Waals surface area contributed by atoms with Crippen LogP contribution in [0.2, 0.25) is 0 Å². The maximum atomic E-state index is 2.00. The van der Waals surface area contributed by atoms with Gasteiger partial charge < -0.3 is 8.33 Å². The van der Waals surface area contributed by atoms with Crippen LogP contribution in [0.4, 0.5) is 0 Å². The molecule has 0 saturated carbocycles. The predicted octanol–water partition coefficient (Wildman–Crippen LogP) is -4.91. The first kappa shape index (κ1) is 16.2. The first-order chi connectivity index (χ1) is 3.00. The molecule has 1 nitrogen and oxygen atoms in total. The molecule has 3 heteroatoms. The van der Waals surface area contributed by atoms with Crippen molar-refractivity contribution in [1.82, 2.24) is 0 Å². The van der Waals surface area contributed by atoms with Crippen molar-refractivity contribution in [2.45, 2.75) is 0 Å². The van der Waals surface area contributed by atoms with Gasteiger partial charge in [-0.1, -0.05) is 36.4 Å². The van der Waals surface area contributed by atoms with E-state index in [1.165, 1.54) is 0 Å². The van der Waals surface area contributed by atoms with Crippen LogP contribution in [-0.4, -0.2) is 5.48 Å².